The molecule has 0 aromatic rings. The smallest absolute Gasteiger partial charge is 0.00201 e. The van der Waals surface area contributed by atoms with Gasteiger partial charge in [-0.2, -0.15) is 0 Å². The Morgan fingerprint density at radius 1 is 1.44 bits per heavy atom. The molecule has 9 heavy (non-hydrogen) atoms. The molecule has 1 radical (unpaired) electrons. The van der Waals surface area contributed by atoms with E-state index in [1.54, 1.807) is 0 Å². The Hall–Kier alpha value is -0.0800. The van der Waals surface area contributed by atoms with E-state index < -0.39 is 0 Å². The van der Waals surface area contributed by atoms with Crippen molar-refractivity contribution in [1.82, 2.24) is 5.32 Å². The lowest BCUT2D eigenvalue weighted by molar-refractivity contribution is 0.651. The van der Waals surface area contributed by atoms with E-state index in [0.717, 1.165) is 26.1 Å². The van der Waals surface area contributed by atoms with Crippen LogP contribution in [0.25, 0.3) is 0 Å². The molecule has 0 aromatic heterocycles. The highest BCUT2D eigenvalue weighted by Crippen LogP contribution is 1.81. The highest BCUT2D eigenvalue weighted by Gasteiger charge is 1.83. The first-order valence-corrected chi connectivity index (χ1v) is 3.60. The van der Waals surface area contributed by atoms with Crippen molar-refractivity contribution < 1.29 is 0 Å². The van der Waals surface area contributed by atoms with Gasteiger partial charge in [-0.25, -0.2) is 0 Å². The molecule has 0 rings (SSSR count). The van der Waals surface area contributed by atoms with Crippen LogP contribution in [-0.4, -0.2) is 19.6 Å². The zero-order chi connectivity index (χ0) is 6.95. The van der Waals surface area contributed by atoms with Gasteiger partial charge in [0.05, 0.1) is 0 Å². The zero-order valence-corrected chi connectivity index (χ0v) is 6.19. The van der Waals surface area contributed by atoms with Gasteiger partial charge in [0.1, 0.15) is 0 Å². The van der Waals surface area contributed by atoms with Gasteiger partial charge in [0.2, 0.25) is 0 Å². The summed E-state index contributed by atoms with van der Waals surface area (Å²) in [7, 11) is 0. The minimum Gasteiger partial charge on any atom is -0.330 e. The summed E-state index contributed by atoms with van der Waals surface area (Å²) in [5.74, 6) is 0. The van der Waals surface area contributed by atoms with Gasteiger partial charge in [0.25, 0.3) is 0 Å². The van der Waals surface area contributed by atoms with E-state index in [1.165, 1.54) is 6.42 Å². The van der Waals surface area contributed by atoms with Crippen LogP contribution in [-0.2, 0) is 0 Å². The number of nitrogens with two attached hydrogens (primary N) is 1. The van der Waals surface area contributed by atoms with Gasteiger partial charge in [-0.05, 0) is 38.9 Å². The maximum atomic E-state index is 5.31. The quantitative estimate of drug-likeness (QED) is 0.514. The van der Waals surface area contributed by atoms with Crippen molar-refractivity contribution in [3.63, 3.8) is 0 Å². The van der Waals surface area contributed by atoms with Crippen molar-refractivity contribution in [2.45, 2.75) is 19.8 Å². The molecule has 0 aliphatic rings. The summed E-state index contributed by atoms with van der Waals surface area (Å²) < 4.78 is 0. The zero-order valence-electron chi connectivity index (χ0n) is 6.19. The SMILES string of the molecule is C[CH]CNCCCCN. The first-order valence-electron chi connectivity index (χ1n) is 3.60. The number of hydrogen-bond donors (Lipinski definition) is 2. The van der Waals surface area contributed by atoms with Crippen LogP contribution in [0.5, 0.6) is 0 Å². The van der Waals surface area contributed by atoms with E-state index in [9.17, 15) is 0 Å². The maximum Gasteiger partial charge on any atom is -0.00201 e. The minimum atomic E-state index is 0.817. The van der Waals surface area contributed by atoms with Crippen LogP contribution in [0.15, 0.2) is 0 Å². The fraction of sp³-hybridized carbons (Fsp3) is 0.857. The van der Waals surface area contributed by atoms with E-state index in [0.29, 0.717) is 0 Å². The molecule has 0 atom stereocenters. The molecule has 0 saturated heterocycles. The Labute approximate surface area is 57.8 Å². The van der Waals surface area contributed by atoms with Crippen LogP contribution in [0.3, 0.4) is 0 Å². The fourth-order valence-corrected chi connectivity index (χ4v) is 0.641. The first-order chi connectivity index (χ1) is 4.41. The summed E-state index contributed by atoms with van der Waals surface area (Å²) in [6.07, 6.45) is 4.45. The molecule has 2 heteroatoms. The third-order valence-electron chi connectivity index (χ3n) is 1.16. The van der Waals surface area contributed by atoms with Crippen LogP contribution in [0.1, 0.15) is 19.8 Å². The molecule has 0 bridgehead atoms. The third-order valence-corrected chi connectivity index (χ3v) is 1.16. The van der Waals surface area contributed by atoms with Crippen molar-refractivity contribution in [3.05, 3.63) is 6.42 Å². The third kappa shape index (κ3) is 7.92. The monoisotopic (exact) mass is 129 g/mol. The molecule has 0 saturated carbocycles. The van der Waals surface area contributed by atoms with Gasteiger partial charge < -0.3 is 11.1 Å². The summed E-state index contributed by atoms with van der Waals surface area (Å²) >= 11 is 0. The van der Waals surface area contributed by atoms with Crippen molar-refractivity contribution in [2.75, 3.05) is 19.6 Å². The number of nitrogens with one attached hydrogen (secondary N) is 1. The molecule has 0 aliphatic heterocycles. The molecular weight excluding hydrogens is 112 g/mol. The summed E-state index contributed by atoms with van der Waals surface area (Å²) in [4.78, 5) is 0. The molecule has 0 aliphatic carbocycles. The van der Waals surface area contributed by atoms with Crippen LogP contribution in [0.4, 0.5) is 0 Å². The second-order valence-electron chi connectivity index (χ2n) is 2.11. The molecule has 0 aromatic carbocycles. The topological polar surface area (TPSA) is 38.0 Å². The first kappa shape index (κ1) is 8.92. The highest BCUT2D eigenvalue weighted by atomic mass is 14.8. The fourth-order valence-electron chi connectivity index (χ4n) is 0.641. The number of hydrogen-bond acceptors (Lipinski definition) is 2. The standard InChI is InChI=1S/C7H17N2/c1-2-6-9-7-4-3-5-8/h2,9H,3-8H2,1H3. The van der Waals surface area contributed by atoms with Crippen molar-refractivity contribution >= 4 is 0 Å². The average molecular weight is 129 g/mol. The summed E-state index contributed by atoms with van der Waals surface area (Å²) in [5, 5.41) is 3.26. The largest absolute Gasteiger partial charge is 0.330 e. The van der Waals surface area contributed by atoms with Crippen molar-refractivity contribution in [3.8, 4) is 0 Å². The average Bonchev–Trinajstić information content (AvgIpc) is 1.89. The molecule has 2 nitrogen and oxygen atoms in total. The molecule has 0 amide bonds. The van der Waals surface area contributed by atoms with E-state index in [1.807, 2.05) is 0 Å². The van der Waals surface area contributed by atoms with Crippen LogP contribution in [0, 0.1) is 6.42 Å². The lowest BCUT2D eigenvalue weighted by Crippen LogP contribution is -2.17. The Kier molecular flexibility index (Phi) is 7.85. The van der Waals surface area contributed by atoms with Gasteiger partial charge in [-0.15, -0.1) is 0 Å². The van der Waals surface area contributed by atoms with Crippen molar-refractivity contribution in [2.24, 2.45) is 5.73 Å². The van der Waals surface area contributed by atoms with Gasteiger partial charge >= 0.3 is 0 Å². The molecule has 3 N–H and O–H groups in total. The molecule has 0 heterocycles. The normalized spacial score (nSPS) is 10.0. The van der Waals surface area contributed by atoms with E-state index in [-0.39, 0.29) is 0 Å². The second-order valence-corrected chi connectivity index (χ2v) is 2.11. The lowest BCUT2D eigenvalue weighted by atomic mass is 10.3. The van der Waals surface area contributed by atoms with Crippen LogP contribution in [0.2, 0.25) is 0 Å². The maximum absolute atomic E-state index is 5.31. The van der Waals surface area contributed by atoms with Gasteiger partial charge in [0.15, 0.2) is 0 Å². The molecule has 0 fully saturated rings. The summed E-state index contributed by atoms with van der Waals surface area (Å²) in [6, 6.07) is 0. The predicted molar refractivity (Wildman–Crippen MR) is 41.1 cm³/mol. The molecule has 0 unspecified atom stereocenters. The van der Waals surface area contributed by atoms with Crippen molar-refractivity contribution in [1.29, 1.82) is 0 Å². The molecule has 0 spiro atoms. The summed E-state index contributed by atoms with van der Waals surface area (Å²) in [6.45, 7) is 4.99. The lowest BCUT2D eigenvalue weighted by Gasteiger charge is -1.99. The van der Waals surface area contributed by atoms with Gasteiger partial charge in [0, 0.05) is 0 Å². The van der Waals surface area contributed by atoms with E-state index in [2.05, 4.69) is 18.7 Å². The van der Waals surface area contributed by atoms with Gasteiger partial charge in [-0.3, -0.25) is 0 Å². The van der Waals surface area contributed by atoms with Crippen LogP contribution < -0.4 is 11.1 Å². The Morgan fingerprint density at radius 3 is 2.78 bits per heavy atom. The number of rotatable bonds is 6. The summed E-state index contributed by atoms with van der Waals surface area (Å²) in [5.41, 5.74) is 5.31. The van der Waals surface area contributed by atoms with Crippen LogP contribution >= 0.6 is 0 Å². The predicted octanol–water partition coefficient (Wildman–Crippen LogP) is 0.539. The van der Waals surface area contributed by atoms with E-state index in [4.69, 9.17) is 5.73 Å². The highest BCUT2D eigenvalue weighted by molar-refractivity contribution is 4.59. The Bertz CT molecular complexity index is 40.2. The number of unbranched alkanes of at least 4 members (excludes halogenated alkanes) is 1. The molecule has 55 valence electrons. The second kappa shape index (κ2) is 7.92. The molecular formula is C7H17N2. The van der Waals surface area contributed by atoms with Gasteiger partial charge in [-0.1, -0.05) is 6.92 Å². The van der Waals surface area contributed by atoms with E-state index >= 15 is 0 Å². The Balaban J connectivity index is 2.60. The Morgan fingerprint density at radius 2 is 2.22 bits per heavy atom. The minimum absolute atomic E-state index is 0.817.